The maximum absolute atomic E-state index is 13.1. The summed E-state index contributed by atoms with van der Waals surface area (Å²) in [6.45, 7) is 4.06. The van der Waals surface area contributed by atoms with Crippen molar-refractivity contribution in [2.75, 3.05) is 38.8 Å². The quantitative estimate of drug-likeness (QED) is 0.400. The summed E-state index contributed by atoms with van der Waals surface area (Å²) in [7, 11) is 3.48. The van der Waals surface area contributed by atoms with Crippen LogP contribution in [-0.4, -0.2) is 76.4 Å². The van der Waals surface area contributed by atoms with Gasteiger partial charge in [0.25, 0.3) is 5.91 Å². The molecule has 3 aromatic heterocycles. The highest BCUT2D eigenvalue weighted by Crippen LogP contribution is 2.38. The number of aromatic nitrogens is 5. The molecule has 0 aromatic carbocycles. The monoisotopic (exact) mass is 532 g/mol. The highest BCUT2D eigenvalue weighted by atomic mass is 16.5. The number of piperidine rings is 1. The van der Waals surface area contributed by atoms with E-state index in [9.17, 15) is 4.79 Å². The van der Waals surface area contributed by atoms with Crippen LogP contribution in [0.2, 0.25) is 0 Å². The predicted molar refractivity (Wildman–Crippen MR) is 148 cm³/mol. The van der Waals surface area contributed by atoms with E-state index in [1.54, 1.807) is 20.4 Å². The number of nitrogens with zero attached hydrogens (tertiary/aromatic N) is 6. The maximum atomic E-state index is 13.1. The number of anilines is 1. The predicted octanol–water partition coefficient (Wildman–Crippen LogP) is 3.53. The van der Waals surface area contributed by atoms with E-state index in [4.69, 9.17) is 9.47 Å². The first-order valence-electron chi connectivity index (χ1n) is 13.8. The van der Waals surface area contributed by atoms with E-state index in [2.05, 4.69) is 47.1 Å². The van der Waals surface area contributed by atoms with Crippen molar-refractivity contribution in [3.8, 4) is 11.8 Å². The molecule has 2 saturated carbocycles. The molecule has 11 heteroatoms. The maximum Gasteiger partial charge on any atom is 0.321 e. The van der Waals surface area contributed by atoms with Crippen LogP contribution in [-0.2, 0) is 0 Å². The highest BCUT2D eigenvalue weighted by Gasteiger charge is 2.37. The van der Waals surface area contributed by atoms with E-state index < -0.39 is 0 Å². The van der Waals surface area contributed by atoms with Crippen LogP contribution in [0.15, 0.2) is 23.5 Å². The molecule has 39 heavy (non-hydrogen) atoms. The van der Waals surface area contributed by atoms with Gasteiger partial charge in [0.05, 0.1) is 19.1 Å². The van der Waals surface area contributed by atoms with Crippen LogP contribution < -0.4 is 19.7 Å². The zero-order valence-electron chi connectivity index (χ0n) is 22.8. The van der Waals surface area contributed by atoms with E-state index in [1.165, 1.54) is 5.56 Å². The van der Waals surface area contributed by atoms with Gasteiger partial charge in [-0.05, 0) is 63.0 Å². The van der Waals surface area contributed by atoms with Gasteiger partial charge >= 0.3 is 6.01 Å². The zero-order valence-corrected chi connectivity index (χ0v) is 22.8. The average Bonchev–Trinajstić information content (AvgIpc) is 3.54. The summed E-state index contributed by atoms with van der Waals surface area (Å²) >= 11 is 0. The summed E-state index contributed by atoms with van der Waals surface area (Å²) in [6, 6.07) is 2.11. The Balaban J connectivity index is 1.19. The summed E-state index contributed by atoms with van der Waals surface area (Å²) in [5, 5.41) is 4.16. The van der Waals surface area contributed by atoms with Gasteiger partial charge < -0.3 is 29.7 Å². The molecule has 0 unspecified atom stereocenters. The Morgan fingerprint density at radius 3 is 2.82 bits per heavy atom. The Bertz CT molecular complexity index is 1380. The lowest BCUT2D eigenvalue weighted by atomic mass is 9.78. The number of ether oxygens (including phenoxy) is 2. The first kappa shape index (κ1) is 25.5. The minimum atomic E-state index is -0.276. The lowest BCUT2D eigenvalue weighted by molar-refractivity contribution is 0.0837. The molecule has 0 bridgehead atoms. The van der Waals surface area contributed by atoms with Gasteiger partial charge in [0.1, 0.15) is 11.4 Å². The van der Waals surface area contributed by atoms with Crippen LogP contribution in [0, 0.1) is 11.8 Å². The van der Waals surface area contributed by atoms with Gasteiger partial charge in [-0.25, -0.2) is 4.98 Å². The lowest BCUT2D eigenvalue weighted by Gasteiger charge is -2.38. The number of carbonyl (C=O) groups excluding carboxylic acids is 1. The Kier molecular flexibility index (Phi) is 6.82. The standard InChI is InChI=1S/C28H36N8O3/c1-28(8-4-9-28)35-25(37)24-32-26(34-27(33-24)39-16-19-13-18(19)14-29-2)36-11-6-17(7-12-36)20-15-31-23-22(20)21(38-3)5-10-30-23/h5,10,14-15,17-19H,4,6-9,11-13,16H2,1-3H3,(H,30,31)(H,35,37)/t18-,19+/m0/s1. The largest absolute Gasteiger partial charge is 0.496 e. The van der Waals surface area contributed by atoms with E-state index >= 15 is 0 Å². The number of hydrogen-bond acceptors (Lipinski definition) is 9. The van der Waals surface area contributed by atoms with Gasteiger partial charge in [-0.15, -0.1) is 0 Å². The third kappa shape index (κ3) is 5.26. The molecule has 206 valence electrons. The number of fused-ring (bicyclic) bond motifs is 1. The van der Waals surface area contributed by atoms with Crippen molar-refractivity contribution in [3.05, 3.63) is 29.8 Å². The Morgan fingerprint density at radius 2 is 2.10 bits per heavy atom. The first-order valence-corrected chi connectivity index (χ1v) is 13.8. The first-order chi connectivity index (χ1) is 19.0. The third-order valence-electron chi connectivity index (χ3n) is 8.43. The average molecular weight is 533 g/mol. The number of methoxy groups -OCH3 is 1. The molecule has 2 aliphatic carbocycles. The molecule has 0 spiro atoms. The van der Waals surface area contributed by atoms with Crippen LogP contribution in [0.3, 0.4) is 0 Å². The molecule has 1 aliphatic heterocycles. The second kappa shape index (κ2) is 10.4. The van der Waals surface area contributed by atoms with Crippen LogP contribution in [0.5, 0.6) is 11.8 Å². The number of aliphatic imine (C=N–C) groups is 1. The van der Waals surface area contributed by atoms with Crippen molar-refractivity contribution in [1.29, 1.82) is 0 Å². The summed E-state index contributed by atoms with van der Waals surface area (Å²) in [5.41, 5.74) is 1.86. The molecule has 3 fully saturated rings. The fourth-order valence-corrected chi connectivity index (χ4v) is 5.77. The van der Waals surface area contributed by atoms with Crippen molar-refractivity contribution >= 4 is 29.1 Å². The normalized spacial score (nSPS) is 22.6. The van der Waals surface area contributed by atoms with Crippen LogP contribution >= 0.6 is 0 Å². The van der Waals surface area contributed by atoms with Gasteiger partial charge in [0, 0.05) is 56.1 Å². The van der Waals surface area contributed by atoms with Gasteiger partial charge in [0.2, 0.25) is 11.8 Å². The number of nitrogens with one attached hydrogen (secondary N) is 2. The molecule has 11 nitrogen and oxygen atoms in total. The number of pyridine rings is 1. The number of H-pyrrole nitrogens is 1. The minimum Gasteiger partial charge on any atom is -0.496 e. The summed E-state index contributed by atoms with van der Waals surface area (Å²) < 4.78 is 11.6. The summed E-state index contributed by atoms with van der Waals surface area (Å²) in [5.74, 6) is 2.34. The summed E-state index contributed by atoms with van der Waals surface area (Å²) in [4.78, 5) is 40.8. The molecule has 6 rings (SSSR count). The topological polar surface area (TPSA) is 131 Å². The fourth-order valence-electron chi connectivity index (χ4n) is 5.77. The number of hydrogen-bond donors (Lipinski definition) is 2. The third-order valence-corrected chi connectivity index (χ3v) is 8.43. The molecule has 1 saturated heterocycles. The van der Waals surface area contributed by atoms with Gasteiger partial charge in [-0.2, -0.15) is 15.0 Å². The van der Waals surface area contributed by atoms with E-state index in [0.29, 0.717) is 30.3 Å². The van der Waals surface area contributed by atoms with E-state index in [1.807, 2.05) is 18.5 Å². The van der Waals surface area contributed by atoms with Crippen molar-refractivity contribution in [2.24, 2.45) is 16.8 Å². The molecule has 3 aliphatic rings. The minimum absolute atomic E-state index is 0.111. The van der Waals surface area contributed by atoms with E-state index in [-0.39, 0.29) is 23.3 Å². The van der Waals surface area contributed by atoms with Crippen molar-refractivity contribution < 1.29 is 14.3 Å². The zero-order chi connectivity index (χ0) is 27.0. The molecule has 2 N–H and O–H groups in total. The number of carbonyl (C=O) groups is 1. The van der Waals surface area contributed by atoms with Crippen molar-refractivity contribution in [2.45, 2.75) is 56.9 Å². The molecule has 2 atom stereocenters. The second-order valence-corrected chi connectivity index (χ2v) is 11.2. The number of aromatic amines is 1. The second-order valence-electron chi connectivity index (χ2n) is 11.2. The van der Waals surface area contributed by atoms with E-state index in [0.717, 1.165) is 68.4 Å². The van der Waals surface area contributed by atoms with Crippen molar-refractivity contribution in [1.82, 2.24) is 30.2 Å². The Hall–Kier alpha value is -3.76. The fraction of sp³-hybridized carbons (Fsp3) is 0.571. The molecular formula is C28H36N8O3. The highest BCUT2D eigenvalue weighted by molar-refractivity contribution is 5.91. The van der Waals surface area contributed by atoms with Gasteiger partial charge in [0.15, 0.2) is 0 Å². The lowest BCUT2D eigenvalue weighted by Crippen LogP contribution is -2.51. The number of rotatable bonds is 9. The SMILES string of the molecule is CN=C[C@@H]1C[C@@H]1COc1nc(C(=O)NC2(C)CCC2)nc(N2CCC(c3c[nH]c4nccc(OC)c34)CC2)n1. The van der Waals surface area contributed by atoms with Gasteiger partial charge in [-0.1, -0.05) is 0 Å². The van der Waals surface area contributed by atoms with Crippen LogP contribution in [0.25, 0.3) is 11.0 Å². The number of amides is 1. The molecule has 1 amide bonds. The Morgan fingerprint density at radius 1 is 1.28 bits per heavy atom. The smallest absolute Gasteiger partial charge is 0.321 e. The summed E-state index contributed by atoms with van der Waals surface area (Å²) in [6.07, 6.45) is 11.7. The molecule has 0 radical (unpaired) electrons. The Labute approximate surface area is 227 Å². The molecular weight excluding hydrogens is 496 g/mol. The molecule has 3 aromatic rings. The van der Waals surface area contributed by atoms with Crippen LogP contribution in [0.4, 0.5) is 5.95 Å². The molecule has 4 heterocycles. The van der Waals surface area contributed by atoms with Crippen LogP contribution in [0.1, 0.15) is 67.5 Å². The van der Waals surface area contributed by atoms with Gasteiger partial charge in [-0.3, -0.25) is 4.79 Å². The van der Waals surface area contributed by atoms with Crippen molar-refractivity contribution in [3.63, 3.8) is 0 Å².